The molecule has 0 aliphatic carbocycles. The average Bonchev–Trinajstić information content (AvgIpc) is 1.82. The normalized spacial score (nSPS) is 9.64. The van der Waals surface area contributed by atoms with Gasteiger partial charge in [-0.05, 0) is 6.07 Å². The van der Waals surface area contributed by atoms with E-state index in [9.17, 15) is 13.2 Å². The van der Waals surface area contributed by atoms with Crippen LogP contribution in [0.4, 0.5) is 19.0 Å². The zero-order chi connectivity index (χ0) is 9.19. The van der Waals surface area contributed by atoms with Gasteiger partial charge < -0.3 is 10.5 Å². The molecule has 14 heavy (non-hydrogen) atoms. The molecule has 0 saturated carbocycles. The summed E-state index contributed by atoms with van der Waals surface area (Å²) in [6, 6.07) is 3.76. The quantitative estimate of drug-likeness (QED) is 0.833. The van der Waals surface area contributed by atoms with Crippen molar-refractivity contribution in [3.63, 3.8) is 0 Å². The van der Waals surface area contributed by atoms with Gasteiger partial charge in [0.2, 0.25) is 5.88 Å². The van der Waals surface area contributed by atoms with Gasteiger partial charge in [0.1, 0.15) is 5.82 Å². The van der Waals surface area contributed by atoms with Gasteiger partial charge in [-0.1, -0.05) is 6.07 Å². The molecule has 3 nitrogen and oxygen atoms in total. The van der Waals surface area contributed by atoms with Crippen LogP contribution in [-0.2, 0) is 0 Å². The van der Waals surface area contributed by atoms with Crippen LogP contribution in [0.25, 0.3) is 0 Å². The standard InChI is InChI=1S/C6H5F3N2O.2ClH/c7-6(8,9)12-5-3-1-2-4(10)11-5;;/h1-3H,(H2,10,11);2*1H. The maximum atomic E-state index is 11.6. The molecule has 0 bridgehead atoms. The Morgan fingerprint density at radius 1 is 1.21 bits per heavy atom. The fourth-order valence-electron chi connectivity index (χ4n) is 0.606. The topological polar surface area (TPSA) is 48.1 Å². The summed E-state index contributed by atoms with van der Waals surface area (Å²) in [7, 11) is 0. The molecule has 0 radical (unpaired) electrons. The summed E-state index contributed by atoms with van der Waals surface area (Å²) in [5.74, 6) is -0.570. The second-order valence-corrected chi connectivity index (χ2v) is 1.95. The molecule has 82 valence electrons. The lowest BCUT2D eigenvalue weighted by Gasteiger charge is -2.07. The predicted octanol–water partition coefficient (Wildman–Crippen LogP) is 2.41. The van der Waals surface area contributed by atoms with E-state index in [2.05, 4.69) is 9.72 Å². The molecular weight excluding hydrogens is 244 g/mol. The highest BCUT2D eigenvalue weighted by atomic mass is 35.5. The molecule has 2 N–H and O–H groups in total. The van der Waals surface area contributed by atoms with Gasteiger partial charge in [-0.15, -0.1) is 38.0 Å². The van der Waals surface area contributed by atoms with Crippen LogP contribution in [0.5, 0.6) is 5.88 Å². The summed E-state index contributed by atoms with van der Waals surface area (Å²) < 4.78 is 38.2. The molecule has 0 aliphatic heterocycles. The summed E-state index contributed by atoms with van der Waals surface area (Å²) >= 11 is 0. The van der Waals surface area contributed by atoms with Gasteiger partial charge in [0.25, 0.3) is 0 Å². The monoisotopic (exact) mass is 250 g/mol. The smallest absolute Gasteiger partial charge is 0.388 e. The van der Waals surface area contributed by atoms with Crippen LogP contribution < -0.4 is 10.5 Å². The van der Waals surface area contributed by atoms with Crippen LogP contribution in [0.15, 0.2) is 18.2 Å². The highest BCUT2D eigenvalue weighted by Gasteiger charge is 2.31. The number of pyridine rings is 1. The van der Waals surface area contributed by atoms with E-state index in [0.717, 1.165) is 6.07 Å². The lowest BCUT2D eigenvalue weighted by atomic mass is 10.4. The van der Waals surface area contributed by atoms with Crippen LogP contribution >= 0.6 is 24.8 Å². The molecule has 0 atom stereocenters. The van der Waals surface area contributed by atoms with Crippen molar-refractivity contribution >= 4 is 30.6 Å². The zero-order valence-electron chi connectivity index (χ0n) is 6.62. The lowest BCUT2D eigenvalue weighted by molar-refractivity contribution is -0.276. The van der Waals surface area contributed by atoms with Crippen molar-refractivity contribution < 1.29 is 17.9 Å². The van der Waals surface area contributed by atoms with Crippen molar-refractivity contribution in [3.8, 4) is 5.88 Å². The van der Waals surface area contributed by atoms with E-state index in [4.69, 9.17) is 5.73 Å². The van der Waals surface area contributed by atoms with Crippen molar-refractivity contribution in [2.75, 3.05) is 5.73 Å². The van der Waals surface area contributed by atoms with Crippen molar-refractivity contribution in [2.24, 2.45) is 0 Å². The van der Waals surface area contributed by atoms with Crippen LogP contribution in [0.3, 0.4) is 0 Å². The molecular formula is C6H7Cl2F3N2O. The van der Waals surface area contributed by atoms with E-state index in [0.29, 0.717) is 0 Å². The molecule has 1 aromatic heterocycles. The van der Waals surface area contributed by atoms with Gasteiger partial charge in [0.05, 0.1) is 0 Å². The number of rotatable bonds is 1. The molecule has 1 rings (SSSR count). The second kappa shape index (κ2) is 5.77. The highest BCUT2D eigenvalue weighted by Crippen LogP contribution is 2.20. The summed E-state index contributed by atoms with van der Waals surface area (Å²) in [4.78, 5) is 3.29. The average molecular weight is 251 g/mol. The molecule has 0 amide bonds. The molecule has 1 heterocycles. The van der Waals surface area contributed by atoms with E-state index < -0.39 is 12.2 Å². The van der Waals surface area contributed by atoms with Gasteiger partial charge >= 0.3 is 6.36 Å². The summed E-state index contributed by atoms with van der Waals surface area (Å²) in [5.41, 5.74) is 5.12. The second-order valence-electron chi connectivity index (χ2n) is 1.95. The zero-order valence-corrected chi connectivity index (χ0v) is 8.25. The number of anilines is 1. The number of ether oxygens (including phenoxy) is 1. The van der Waals surface area contributed by atoms with Crippen LogP contribution in [-0.4, -0.2) is 11.3 Å². The van der Waals surface area contributed by atoms with Crippen LogP contribution in [0, 0.1) is 0 Å². The first kappa shape index (κ1) is 15.6. The number of nitrogen functional groups attached to an aromatic ring is 1. The minimum atomic E-state index is -4.72. The Labute approximate surface area is 90.3 Å². The first-order chi connectivity index (χ1) is 5.47. The Morgan fingerprint density at radius 3 is 2.21 bits per heavy atom. The van der Waals surface area contributed by atoms with E-state index in [1.54, 1.807) is 0 Å². The fraction of sp³-hybridized carbons (Fsp3) is 0.167. The number of nitrogens with two attached hydrogens (primary N) is 1. The first-order valence-corrected chi connectivity index (χ1v) is 2.96. The number of hydrogen-bond donors (Lipinski definition) is 1. The molecule has 1 aromatic rings. The third-order valence-electron chi connectivity index (χ3n) is 0.965. The number of alkyl halides is 3. The number of aromatic nitrogens is 1. The SMILES string of the molecule is Cl.Cl.Nc1cccc(OC(F)(F)F)n1. The Kier molecular flexibility index (Phi) is 6.42. The predicted molar refractivity (Wildman–Crippen MR) is 49.8 cm³/mol. The van der Waals surface area contributed by atoms with Crippen LogP contribution in [0.1, 0.15) is 0 Å². The third-order valence-corrected chi connectivity index (χ3v) is 0.965. The summed E-state index contributed by atoms with van der Waals surface area (Å²) in [6.45, 7) is 0. The van der Waals surface area contributed by atoms with Gasteiger partial charge in [0, 0.05) is 6.07 Å². The Hall–Kier alpha value is -0.880. The number of halogens is 5. The molecule has 0 spiro atoms. The Morgan fingerprint density at radius 2 is 1.79 bits per heavy atom. The fourth-order valence-corrected chi connectivity index (χ4v) is 0.606. The maximum absolute atomic E-state index is 11.6. The van der Waals surface area contributed by atoms with Gasteiger partial charge in [-0.2, -0.15) is 4.98 Å². The van der Waals surface area contributed by atoms with E-state index >= 15 is 0 Å². The molecule has 0 aromatic carbocycles. The van der Waals surface area contributed by atoms with Gasteiger partial charge in [-0.25, -0.2) is 0 Å². The molecule has 0 saturated heterocycles. The van der Waals surface area contributed by atoms with Crippen molar-refractivity contribution in [1.29, 1.82) is 0 Å². The first-order valence-electron chi connectivity index (χ1n) is 2.96. The minimum absolute atomic E-state index is 0. The van der Waals surface area contributed by atoms with E-state index in [1.807, 2.05) is 0 Å². The van der Waals surface area contributed by atoms with Crippen LogP contribution in [0.2, 0.25) is 0 Å². The molecule has 0 aliphatic rings. The molecule has 0 unspecified atom stereocenters. The Bertz CT molecular complexity index is 282. The number of nitrogens with zero attached hydrogens (tertiary/aromatic N) is 1. The van der Waals surface area contributed by atoms with Gasteiger partial charge in [0.15, 0.2) is 0 Å². The highest BCUT2D eigenvalue weighted by molar-refractivity contribution is 5.85. The van der Waals surface area contributed by atoms with E-state index in [1.165, 1.54) is 12.1 Å². The van der Waals surface area contributed by atoms with Crippen molar-refractivity contribution in [2.45, 2.75) is 6.36 Å². The molecule has 0 fully saturated rings. The Balaban J connectivity index is 0. The summed E-state index contributed by atoms with van der Waals surface area (Å²) in [5, 5.41) is 0. The summed E-state index contributed by atoms with van der Waals surface area (Å²) in [6.07, 6.45) is -4.72. The third kappa shape index (κ3) is 5.71. The lowest BCUT2D eigenvalue weighted by Crippen LogP contribution is -2.18. The van der Waals surface area contributed by atoms with E-state index in [-0.39, 0.29) is 30.6 Å². The maximum Gasteiger partial charge on any atom is 0.574 e. The number of hydrogen-bond acceptors (Lipinski definition) is 3. The molecule has 8 heteroatoms. The van der Waals surface area contributed by atoms with Gasteiger partial charge in [-0.3, -0.25) is 0 Å². The van der Waals surface area contributed by atoms with Crippen molar-refractivity contribution in [1.82, 2.24) is 4.98 Å². The largest absolute Gasteiger partial charge is 0.574 e. The van der Waals surface area contributed by atoms with Crippen molar-refractivity contribution in [3.05, 3.63) is 18.2 Å². The minimum Gasteiger partial charge on any atom is -0.388 e.